The van der Waals surface area contributed by atoms with Crippen LogP contribution in [0, 0.1) is 0 Å². The lowest BCUT2D eigenvalue weighted by Crippen LogP contribution is -2.36. The van der Waals surface area contributed by atoms with Gasteiger partial charge in [-0.3, -0.25) is 9.59 Å². The zero-order chi connectivity index (χ0) is 16.4. The van der Waals surface area contributed by atoms with Gasteiger partial charge in [0.1, 0.15) is 0 Å². The molecule has 2 heterocycles. The van der Waals surface area contributed by atoms with Crippen LogP contribution >= 0.6 is 0 Å². The minimum atomic E-state index is -0.619. The first-order valence-corrected chi connectivity index (χ1v) is 7.12. The third kappa shape index (κ3) is 2.83. The molecule has 1 fully saturated rings. The van der Waals surface area contributed by atoms with Crippen LogP contribution in [0.4, 0.5) is 5.88 Å². The molecule has 0 unspecified atom stereocenters. The van der Waals surface area contributed by atoms with Crippen LogP contribution in [-0.2, 0) is 9.47 Å². The highest BCUT2D eigenvalue weighted by molar-refractivity contribution is 6.01. The fraction of sp³-hybridized carbons (Fsp3) is 0.312. The summed E-state index contributed by atoms with van der Waals surface area (Å²) in [4.78, 5) is 37.3. The van der Waals surface area contributed by atoms with Crippen LogP contribution in [0.5, 0.6) is 0 Å². The Morgan fingerprint density at radius 2 is 2.00 bits per heavy atom. The largest absolute Gasteiger partial charge is 0.465 e. The van der Waals surface area contributed by atoms with Crippen molar-refractivity contribution in [3.63, 3.8) is 0 Å². The van der Waals surface area contributed by atoms with E-state index >= 15 is 0 Å². The van der Waals surface area contributed by atoms with Crippen LogP contribution in [0.15, 0.2) is 27.4 Å². The van der Waals surface area contributed by atoms with E-state index in [1.54, 1.807) is 0 Å². The highest BCUT2D eigenvalue weighted by Gasteiger charge is 2.18. The molecule has 0 spiro atoms. The second-order valence-electron chi connectivity index (χ2n) is 5.10. The number of carbonyl (C=O) groups is 2. The van der Waals surface area contributed by atoms with Crippen molar-refractivity contribution in [3.8, 4) is 0 Å². The van der Waals surface area contributed by atoms with Crippen molar-refractivity contribution in [2.24, 2.45) is 0 Å². The Morgan fingerprint density at radius 3 is 2.65 bits per heavy atom. The van der Waals surface area contributed by atoms with E-state index < -0.39 is 5.97 Å². The van der Waals surface area contributed by atoms with Gasteiger partial charge in [0.15, 0.2) is 23.2 Å². The number of anilines is 1. The Hall–Kier alpha value is -2.67. The van der Waals surface area contributed by atoms with E-state index in [9.17, 15) is 14.4 Å². The molecule has 1 aromatic carbocycles. The summed E-state index contributed by atoms with van der Waals surface area (Å²) >= 11 is 0. The Morgan fingerprint density at radius 1 is 1.26 bits per heavy atom. The lowest BCUT2D eigenvalue weighted by molar-refractivity contribution is 0.0601. The number of hydrogen-bond donors (Lipinski definition) is 0. The fourth-order valence-corrected chi connectivity index (χ4v) is 2.53. The highest BCUT2D eigenvalue weighted by Crippen LogP contribution is 2.24. The van der Waals surface area contributed by atoms with E-state index in [1.807, 2.05) is 4.90 Å². The molecule has 1 aromatic heterocycles. The van der Waals surface area contributed by atoms with Gasteiger partial charge in [0.05, 0.1) is 36.8 Å². The van der Waals surface area contributed by atoms with Crippen LogP contribution < -0.4 is 10.3 Å². The quantitative estimate of drug-likeness (QED) is 0.621. The van der Waals surface area contributed by atoms with E-state index in [4.69, 9.17) is 9.15 Å². The average molecular weight is 317 g/mol. The van der Waals surface area contributed by atoms with Crippen molar-refractivity contribution in [2.45, 2.75) is 0 Å². The summed E-state index contributed by atoms with van der Waals surface area (Å²) in [7, 11) is 1.23. The van der Waals surface area contributed by atoms with Crippen LogP contribution in [-0.4, -0.2) is 45.7 Å². The molecule has 120 valence electrons. The number of nitrogens with zero attached hydrogens (tertiary/aromatic N) is 1. The monoisotopic (exact) mass is 317 g/mol. The number of aldehydes is 1. The number of benzene rings is 1. The predicted molar refractivity (Wildman–Crippen MR) is 82.2 cm³/mol. The zero-order valence-corrected chi connectivity index (χ0v) is 12.5. The van der Waals surface area contributed by atoms with Gasteiger partial charge in [-0.1, -0.05) is 0 Å². The molecule has 0 bridgehead atoms. The highest BCUT2D eigenvalue weighted by atomic mass is 16.5. The summed E-state index contributed by atoms with van der Waals surface area (Å²) < 4.78 is 15.7. The minimum absolute atomic E-state index is 0.133. The number of fused-ring (bicyclic) bond motifs is 1. The van der Waals surface area contributed by atoms with Gasteiger partial charge in [0.2, 0.25) is 0 Å². The van der Waals surface area contributed by atoms with Crippen LogP contribution in [0.1, 0.15) is 20.7 Å². The van der Waals surface area contributed by atoms with Gasteiger partial charge in [0.25, 0.3) is 0 Å². The molecule has 1 aliphatic rings. The van der Waals surface area contributed by atoms with Gasteiger partial charge in [-0.25, -0.2) is 4.79 Å². The number of esters is 1. The van der Waals surface area contributed by atoms with Crippen molar-refractivity contribution in [1.29, 1.82) is 0 Å². The molecule has 23 heavy (non-hydrogen) atoms. The molecular formula is C16H15NO6. The number of methoxy groups -OCH3 is 1. The Labute approximate surface area is 131 Å². The molecule has 3 rings (SSSR count). The molecule has 0 saturated carbocycles. The van der Waals surface area contributed by atoms with Gasteiger partial charge >= 0.3 is 5.97 Å². The van der Waals surface area contributed by atoms with E-state index in [0.717, 1.165) is 0 Å². The predicted octanol–water partition coefficient (Wildman–Crippen LogP) is 1.23. The summed E-state index contributed by atoms with van der Waals surface area (Å²) in [5.74, 6) is -0.230. The van der Waals surface area contributed by atoms with E-state index in [2.05, 4.69) is 4.74 Å². The molecule has 2 aromatic rings. The Bertz CT molecular complexity index is 819. The first-order chi connectivity index (χ1) is 11.1. The SMILES string of the molecule is COC(=O)c1cc(C=O)c2oc(N3CCOCC3)cc(=O)c2c1. The summed E-state index contributed by atoms with van der Waals surface area (Å²) in [6, 6.07) is 4.10. The molecule has 1 saturated heterocycles. The lowest BCUT2D eigenvalue weighted by Gasteiger charge is -2.27. The standard InChI is InChI=1S/C16H15NO6/c1-21-16(20)10-6-11(9-18)15-12(7-10)13(19)8-14(23-15)17-2-4-22-5-3-17/h6-9H,2-5H2,1H3. The lowest BCUT2D eigenvalue weighted by atomic mass is 10.1. The molecule has 0 radical (unpaired) electrons. The van der Waals surface area contributed by atoms with Gasteiger partial charge < -0.3 is 18.8 Å². The molecule has 7 heteroatoms. The van der Waals surface area contributed by atoms with Crippen molar-refractivity contribution >= 4 is 29.1 Å². The van der Waals surface area contributed by atoms with Gasteiger partial charge in [0, 0.05) is 19.2 Å². The van der Waals surface area contributed by atoms with E-state index in [1.165, 1.54) is 25.3 Å². The van der Waals surface area contributed by atoms with E-state index in [-0.39, 0.29) is 27.5 Å². The van der Waals surface area contributed by atoms with Crippen LogP contribution in [0.25, 0.3) is 11.0 Å². The van der Waals surface area contributed by atoms with Gasteiger partial charge in [-0.15, -0.1) is 0 Å². The molecule has 1 aliphatic heterocycles. The number of rotatable bonds is 3. The third-order valence-electron chi connectivity index (χ3n) is 3.72. The Kier molecular flexibility index (Phi) is 4.12. The van der Waals surface area contributed by atoms with Crippen molar-refractivity contribution in [1.82, 2.24) is 0 Å². The average Bonchev–Trinajstić information content (AvgIpc) is 2.61. The normalized spacial score (nSPS) is 14.7. The zero-order valence-electron chi connectivity index (χ0n) is 12.5. The Balaban J connectivity index is 2.18. The summed E-state index contributed by atoms with van der Waals surface area (Å²) in [5, 5.41) is 0.173. The molecule has 0 N–H and O–H groups in total. The first kappa shape index (κ1) is 15.2. The number of hydrogen-bond acceptors (Lipinski definition) is 7. The van der Waals surface area contributed by atoms with Gasteiger partial charge in [-0.2, -0.15) is 0 Å². The first-order valence-electron chi connectivity index (χ1n) is 7.12. The maximum Gasteiger partial charge on any atom is 0.337 e. The van der Waals surface area contributed by atoms with Crippen LogP contribution in [0.3, 0.4) is 0 Å². The number of carbonyl (C=O) groups excluding carboxylic acids is 2. The summed E-state index contributed by atoms with van der Waals surface area (Å²) in [5.41, 5.74) is 0.117. The van der Waals surface area contributed by atoms with Gasteiger partial charge in [-0.05, 0) is 12.1 Å². The molecule has 7 nitrogen and oxygen atoms in total. The summed E-state index contributed by atoms with van der Waals surface area (Å²) in [6.07, 6.45) is 0.556. The molecule has 0 amide bonds. The maximum absolute atomic E-state index is 12.4. The molecule has 0 aliphatic carbocycles. The molecular weight excluding hydrogens is 302 g/mol. The number of ether oxygens (including phenoxy) is 2. The third-order valence-corrected chi connectivity index (χ3v) is 3.72. The summed E-state index contributed by atoms with van der Waals surface area (Å²) in [6.45, 7) is 2.29. The van der Waals surface area contributed by atoms with E-state index in [0.29, 0.717) is 38.5 Å². The van der Waals surface area contributed by atoms with Crippen LogP contribution in [0.2, 0.25) is 0 Å². The maximum atomic E-state index is 12.4. The molecule has 0 atom stereocenters. The second-order valence-corrected chi connectivity index (χ2v) is 5.10. The van der Waals surface area contributed by atoms with Crippen molar-refractivity contribution in [3.05, 3.63) is 39.5 Å². The number of morpholine rings is 1. The topological polar surface area (TPSA) is 86.1 Å². The van der Waals surface area contributed by atoms with Crippen molar-refractivity contribution < 1.29 is 23.5 Å². The minimum Gasteiger partial charge on any atom is -0.465 e. The van der Waals surface area contributed by atoms with Crippen molar-refractivity contribution in [2.75, 3.05) is 38.3 Å². The fourth-order valence-electron chi connectivity index (χ4n) is 2.53. The smallest absolute Gasteiger partial charge is 0.337 e. The second kappa shape index (κ2) is 6.21.